The molecule has 6 nitrogen and oxygen atoms in total. The molecule has 1 aromatic carbocycles. The second-order valence-corrected chi connectivity index (χ2v) is 8.67. The molecule has 0 saturated carbocycles. The molecule has 4 atom stereocenters. The summed E-state index contributed by atoms with van der Waals surface area (Å²) in [4.78, 5) is 0. The lowest BCUT2D eigenvalue weighted by atomic mass is 9.89. The van der Waals surface area contributed by atoms with E-state index in [0.717, 1.165) is 43.5 Å². The average molecular weight is 377 g/mol. The lowest BCUT2D eigenvalue weighted by molar-refractivity contribution is -0.0394. The predicted octanol–water partition coefficient (Wildman–Crippen LogP) is 3.74. The summed E-state index contributed by atoms with van der Waals surface area (Å²) >= 11 is 0. The van der Waals surface area contributed by atoms with E-state index in [-0.39, 0.29) is 6.23 Å². The summed E-state index contributed by atoms with van der Waals surface area (Å²) in [6.45, 7) is 1.86. The number of nitrogens with one attached hydrogen (secondary N) is 1. The fourth-order valence-electron chi connectivity index (χ4n) is 5.35. The van der Waals surface area contributed by atoms with Gasteiger partial charge in [-0.3, -0.25) is 4.68 Å². The van der Waals surface area contributed by atoms with E-state index in [9.17, 15) is 0 Å². The van der Waals surface area contributed by atoms with Gasteiger partial charge in [0, 0.05) is 42.4 Å². The Bertz CT molecular complexity index is 986. The summed E-state index contributed by atoms with van der Waals surface area (Å²) in [5.41, 5.74) is 3.56. The number of hydrogen-bond acceptors (Lipinski definition) is 4. The van der Waals surface area contributed by atoms with Crippen LogP contribution in [-0.4, -0.2) is 38.3 Å². The van der Waals surface area contributed by atoms with Gasteiger partial charge in [0.15, 0.2) is 0 Å². The Morgan fingerprint density at radius 3 is 2.89 bits per heavy atom. The second kappa shape index (κ2) is 6.71. The quantitative estimate of drug-likeness (QED) is 0.753. The minimum atomic E-state index is 0.0873. The van der Waals surface area contributed by atoms with Crippen molar-refractivity contribution in [2.24, 2.45) is 5.92 Å². The SMILES string of the molecule is c1cc2c(cnn2CC2CC3CCC2N3)cc1-c1cnn(C2CCCCO2)c1. The topological polar surface area (TPSA) is 56.9 Å². The van der Waals surface area contributed by atoms with Crippen LogP contribution in [0.3, 0.4) is 0 Å². The Labute approximate surface area is 164 Å². The van der Waals surface area contributed by atoms with Gasteiger partial charge in [0.25, 0.3) is 0 Å². The van der Waals surface area contributed by atoms with E-state index in [1.165, 1.54) is 42.1 Å². The molecule has 2 bridgehead atoms. The van der Waals surface area contributed by atoms with Crippen LogP contribution in [0.2, 0.25) is 0 Å². The third-order valence-electron chi connectivity index (χ3n) is 6.87. The van der Waals surface area contributed by atoms with Crippen molar-refractivity contribution in [3.63, 3.8) is 0 Å². The van der Waals surface area contributed by atoms with Crippen LogP contribution in [0.4, 0.5) is 0 Å². The Morgan fingerprint density at radius 2 is 2.07 bits per heavy atom. The van der Waals surface area contributed by atoms with Gasteiger partial charge >= 0.3 is 0 Å². The number of nitrogens with zero attached hydrogens (tertiary/aromatic N) is 4. The first-order valence-corrected chi connectivity index (χ1v) is 10.7. The highest BCUT2D eigenvalue weighted by Gasteiger charge is 2.39. The van der Waals surface area contributed by atoms with E-state index in [1.807, 2.05) is 17.1 Å². The monoisotopic (exact) mass is 377 g/mol. The molecule has 3 aromatic rings. The van der Waals surface area contributed by atoms with E-state index >= 15 is 0 Å². The first-order chi connectivity index (χ1) is 13.8. The van der Waals surface area contributed by atoms with E-state index in [0.29, 0.717) is 6.04 Å². The summed E-state index contributed by atoms with van der Waals surface area (Å²) in [6, 6.07) is 8.08. The Hall–Kier alpha value is -2.18. The van der Waals surface area contributed by atoms with Gasteiger partial charge in [0.1, 0.15) is 6.23 Å². The van der Waals surface area contributed by atoms with Crippen LogP contribution in [0.1, 0.15) is 44.8 Å². The van der Waals surface area contributed by atoms with Gasteiger partial charge in [-0.15, -0.1) is 0 Å². The minimum Gasteiger partial charge on any atom is -0.357 e. The van der Waals surface area contributed by atoms with Crippen LogP contribution in [-0.2, 0) is 11.3 Å². The normalized spacial score (nSPS) is 29.7. The van der Waals surface area contributed by atoms with E-state index in [2.05, 4.69) is 39.5 Å². The van der Waals surface area contributed by atoms with E-state index in [1.54, 1.807) is 0 Å². The number of hydrogen-bond donors (Lipinski definition) is 1. The maximum absolute atomic E-state index is 5.85. The summed E-state index contributed by atoms with van der Waals surface area (Å²) in [5.74, 6) is 0.718. The average Bonchev–Trinajstić information content (AvgIpc) is 3.53. The van der Waals surface area contributed by atoms with Crippen molar-refractivity contribution in [2.75, 3.05) is 6.61 Å². The number of aromatic nitrogens is 4. The van der Waals surface area contributed by atoms with Crippen molar-refractivity contribution in [2.45, 2.75) is 63.4 Å². The van der Waals surface area contributed by atoms with Gasteiger partial charge in [0.2, 0.25) is 0 Å². The highest BCUT2D eigenvalue weighted by atomic mass is 16.5. The molecule has 4 unspecified atom stereocenters. The predicted molar refractivity (Wildman–Crippen MR) is 108 cm³/mol. The zero-order chi connectivity index (χ0) is 18.5. The Balaban J connectivity index is 1.23. The smallest absolute Gasteiger partial charge is 0.150 e. The summed E-state index contributed by atoms with van der Waals surface area (Å²) < 4.78 is 10.0. The van der Waals surface area contributed by atoms with Crippen LogP contribution in [0.5, 0.6) is 0 Å². The highest BCUT2D eigenvalue weighted by molar-refractivity contribution is 5.84. The zero-order valence-corrected chi connectivity index (χ0v) is 16.1. The molecule has 0 aliphatic carbocycles. The van der Waals surface area contributed by atoms with Gasteiger partial charge in [-0.2, -0.15) is 10.2 Å². The van der Waals surface area contributed by atoms with Crippen molar-refractivity contribution < 1.29 is 4.74 Å². The number of benzene rings is 1. The van der Waals surface area contributed by atoms with Gasteiger partial charge in [0.05, 0.1) is 17.9 Å². The molecular weight excluding hydrogens is 350 g/mol. The molecule has 1 N–H and O–H groups in total. The molecule has 3 saturated heterocycles. The van der Waals surface area contributed by atoms with Crippen LogP contribution >= 0.6 is 0 Å². The minimum absolute atomic E-state index is 0.0873. The molecule has 6 rings (SSSR count). The highest BCUT2D eigenvalue weighted by Crippen LogP contribution is 2.35. The second-order valence-electron chi connectivity index (χ2n) is 8.67. The van der Waals surface area contributed by atoms with Crippen molar-refractivity contribution in [3.8, 4) is 11.1 Å². The summed E-state index contributed by atoms with van der Waals surface area (Å²) in [6.07, 6.45) is 13.5. The molecular formula is C22H27N5O. The maximum atomic E-state index is 5.85. The largest absolute Gasteiger partial charge is 0.357 e. The maximum Gasteiger partial charge on any atom is 0.150 e. The summed E-state index contributed by atoms with van der Waals surface area (Å²) in [7, 11) is 0. The van der Waals surface area contributed by atoms with Crippen LogP contribution < -0.4 is 5.32 Å². The van der Waals surface area contributed by atoms with Gasteiger partial charge < -0.3 is 10.1 Å². The standard InChI is InChI=1S/C22H27N5O/c1-2-8-28-22(3-1)27-14-18(12-24-27)15-4-7-21-16(9-15)11-23-26(21)13-17-10-19-5-6-20(17)25-19/h4,7,9,11-12,14,17,19-20,22,25H,1-3,5-6,8,10,13H2. The lowest BCUT2D eigenvalue weighted by Gasteiger charge is -2.22. The van der Waals surface area contributed by atoms with Crippen LogP contribution in [0, 0.1) is 5.92 Å². The molecule has 5 heterocycles. The van der Waals surface area contributed by atoms with Crippen LogP contribution in [0.25, 0.3) is 22.0 Å². The number of fused-ring (bicyclic) bond motifs is 3. The van der Waals surface area contributed by atoms with Gasteiger partial charge in [-0.25, -0.2) is 4.68 Å². The lowest BCUT2D eigenvalue weighted by Crippen LogP contribution is -2.26. The molecule has 2 aromatic heterocycles. The third-order valence-corrected chi connectivity index (χ3v) is 6.87. The van der Waals surface area contributed by atoms with Gasteiger partial charge in [-0.05, 0) is 62.1 Å². The van der Waals surface area contributed by atoms with E-state index in [4.69, 9.17) is 9.84 Å². The Kier molecular flexibility index (Phi) is 4.01. The first kappa shape index (κ1) is 16.7. The van der Waals surface area contributed by atoms with Crippen molar-refractivity contribution in [3.05, 3.63) is 36.8 Å². The molecule has 28 heavy (non-hydrogen) atoms. The molecule has 3 fully saturated rings. The fraction of sp³-hybridized carbons (Fsp3) is 0.545. The zero-order valence-electron chi connectivity index (χ0n) is 16.1. The van der Waals surface area contributed by atoms with E-state index < -0.39 is 0 Å². The van der Waals surface area contributed by atoms with Crippen molar-refractivity contribution in [1.29, 1.82) is 0 Å². The molecule has 146 valence electrons. The molecule has 3 aliphatic rings. The molecule has 0 amide bonds. The molecule has 0 radical (unpaired) electrons. The van der Waals surface area contributed by atoms with Crippen molar-refractivity contribution in [1.82, 2.24) is 24.9 Å². The fourth-order valence-corrected chi connectivity index (χ4v) is 5.35. The Morgan fingerprint density at radius 1 is 1.07 bits per heavy atom. The molecule has 3 aliphatic heterocycles. The first-order valence-electron chi connectivity index (χ1n) is 10.7. The number of rotatable bonds is 4. The molecule has 0 spiro atoms. The molecule has 6 heteroatoms. The van der Waals surface area contributed by atoms with Crippen molar-refractivity contribution >= 4 is 10.9 Å². The summed E-state index contributed by atoms with van der Waals surface area (Å²) in [5, 5.41) is 14.2. The van der Waals surface area contributed by atoms with Gasteiger partial charge in [-0.1, -0.05) is 6.07 Å². The number of ether oxygens (including phenoxy) is 1. The van der Waals surface area contributed by atoms with Crippen LogP contribution in [0.15, 0.2) is 36.8 Å². The third kappa shape index (κ3) is 2.86.